The Bertz CT molecular complexity index is 683. The van der Waals surface area contributed by atoms with Gasteiger partial charge in [0.05, 0.1) is 21.3 Å². The Morgan fingerprint density at radius 2 is 2.10 bits per heavy atom. The van der Waals surface area contributed by atoms with E-state index < -0.39 is 0 Å². The minimum atomic E-state index is -0.167. The van der Waals surface area contributed by atoms with Crippen molar-refractivity contribution in [3.05, 3.63) is 35.5 Å². The summed E-state index contributed by atoms with van der Waals surface area (Å²) in [6, 6.07) is 6.96. The van der Waals surface area contributed by atoms with Crippen LogP contribution in [0, 0.1) is 6.92 Å². The minimum Gasteiger partial charge on any atom is -0.375 e. The number of aryl methyl sites for hydroxylation is 1. The molecular formula is C14H15N3O2S2. The molecule has 3 N–H and O–H groups in total. The fourth-order valence-corrected chi connectivity index (χ4v) is 3.58. The van der Waals surface area contributed by atoms with E-state index in [-0.39, 0.29) is 17.4 Å². The minimum absolute atomic E-state index is 0.0790. The number of carbonyl (C=O) groups excluding carboxylic acids is 2. The highest BCUT2D eigenvalue weighted by atomic mass is 32.2. The van der Waals surface area contributed by atoms with Crippen LogP contribution in [0.1, 0.15) is 23.0 Å². The largest absolute Gasteiger partial charge is 0.375 e. The first kappa shape index (κ1) is 15.5. The number of para-hydroxylation sites is 1. The van der Waals surface area contributed by atoms with E-state index in [1.54, 1.807) is 24.3 Å². The van der Waals surface area contributed by atoms with Crippen molar-refractivity contribution < 1.29 is 9.59 Å². The van der Waals surface area contributed by atoms with Crippen molar-refractivity contribution in [2.45, 2.75) is 18.1 Å². The fraction of sp³-hybridized carbons (Fsp3) is 0.214. The Kier molecular flexibility index (Phi) is 4.98. The van der Waals surface area contributed by atoms with Crippen molar-refractivity contribution in [2.24, 2.45) is 0 Å². The number of benzene rings is 1. The number of rotatable bonds is 5. The molecular weight excluding hydrogens is 306 g/mol. The zero-order chi connectivity index (χ0) is 15.4. The summed E-state index contributed by atoms with van der Waals surface area (Å²) < 4.78 is 0.933. The first-order chi connectivity index (χ1) is 9.97. The molecule has 0 fully saturated rings. The Hall–Kier alpha value is -1.86. The van der Waals surface area contributed by atoms with E-state index in [2.05, 4.69) is 10.3 Å². The van der Waals surface area contributed by atoms with Gasteiger partial charge in [0, 0.05) is 5.56 Å². The lowest BCUT2D eigenvalue weighted by atomic mass is 10.1. The summed E-state index contributed by atoms with van der Waals surface area (Å²) in [5.41, 5.74) is 7.50. The van der Waals surface area contributed by atoms with Crippen molar-refractivity contribution in [1.82, 2.24) is 4.98 Å². The summed E-state index contributed by atoms with van der Waals surface area (Å²) in [4.78, 5) is 27.6. The molecule has 21 heavy (non-hydrogen) atoms. The Morgan fingerprint density at radius 3 is 2.71 bits per heavy atom. The number of hydrogen-bond donors (Lipinski definition) is 2. The number of amides is 1. The number of nitrogen functional groups attached to an aromatic ring is 1. The van der Waals surface area contributed by atoms with Crippen LogP contribution in [0.3, 0.4) is 0 Å². The number of aromatic nitrogens is 1. The number of Topliss-reactive ketones (excluding diaryl/α,β-unsaturated/α-hetero) is 1. The number of hydrogen-bond acceptors (Lipinski definition) is 6. The van der Waals surface area contributed by atoms with Gasteiger partial charge in [0.1, 0.15) is 0 Å². The molecule has 0 bridgehead atoms. The molecule has 7 heteroatoms. The quantitative estimate of drug-likeness (QED) is 0.653. The number of ketones is 1. The molecule has 0 aliphatic heterocycles. The summed E-state index contributed by atoms with van der Waals surface area (Å²) in [5, 5.41) is 3.26. The molecule has 0 saturated heterocycles. The maximum Gasteiger partial charge on any atom is 0.234 e. The van der Waals surface area contributed by atoms with E-state index in [9.17, 15) is 9.59 Å². The van der Waals surface area contributed by atoms with Gasteiger partial charge in [-0.3, -0.25) is 9.59 Å². The van der Waals surface area contributed by atoms with Gasteiger partial charge in [-0.25, -0.2) is 4.98 Å². The Morgan fingerprint density at radius 1 is 1.38 bits per heavy atom. The number of thioether (sulfide) groups is 1. The van der Waals surface area contributed by atoms with Crippen molar-refractivity contribution in [3.63, 3.8) is 0 Å². The topological polar surface area (TPSA) is 85.1 Å². The monoisotopic (exact) mass is 321 g/mol. The second-order valence-corrected chi connectivity index (χ2v) is 6.64. The summed E-state index contributed by atoms with van der Waals surface area (Å²) in [7, 11) is 0. The molecule has 1 heterocycles. The molecule has 0 atom stereocenters. The molecule has 2 aromatic rings. The van der Waals surface area contributed by atoms with Crippen LogP contribution in [-0.4, -0.2) is 22.4 Å². The SMILES string of the molecule is CC(=O)c1ccccc1NC(=O)CSc1sc(N)nc1C. The lowest BCUT2D eigenvalue weighted by Crippen LogP contribution is -2.16. The number of nitrogens with two attached hydrogens (primary N) is 1. The third-order valence-electron chi connectivity index (χ3n) is 2.69. The third-order valence-corrected chi connectivity index (χ3v) is 5.03. The molecule has 0 unspecified atom stereocenters. The Balaban J connectivity index is 1.99. The second kappa shape index (κ2) is 6.73. The van der Waals surface area contributed by atoms with Crippen LogP contribution in [0.25, 0.3) is 0 Å². The first-order valence-corrected chi connectivity index (χ1v) is 8.03. The number of anilines is 2. The van der Waals surface area contributed by atoms with E-state index >= 15 is 0 Å². The molecule has 1 amide bonds. The predicted octanol–water partition coefficient (Wildman–Crippen LogP) is 2.97. The smallest absolute Gasteiger partial charge is 0.234 e. The zero-order valence-electron chi connectivity index (χ0n) is 11.7. The number of nitrogens with zero attached hydrogens (tertiary/aromatic N) is 1. The van der Waals surface area contributed by atoms with E-state index in [0.29, 0.717) is 16.4 Å². The van der Waals surface area contributed by atoms with Crippen molar-refractivity contribution in [1.29, 1.82) is 0 Å². The number of carbonyl (C=O) groups is 2. The molecule has 5 nitrogen and oxygen atoms in total. The molecule has 0 spiro atoms. The summed E-state index contributed by atoms with van der Waals surface area (Å²) >= 11 is 2.75. The highest BCUT2D eigenvalue weighted by Crippen LogP contribution is 2.30. The summed E-state index contributed by atoms with van der Waals surface area (Å²) in [5.74, 6) is -0.000894. The van der Waals surface area contributed by atoms with Gasteiger partial charge >= 0.3 is 0 Å². The zero-order valence-corrected chi connectivity index (χ0v) is 13.3. The molecule has 0 aliphatic rings. The maximum atomic E-state index is 12.0. The van der Waals surface area contributed by atoms with Gasteiger partial charge in [-0.2, -0.15) is 0 Å². The third kappa shape index (κ3) is 4.05. The van der Waals surface area contributed by atoms with E-state index in [1.807, 2.05) is 6.92 Å². The van der Waals surface area contributed by atoms with Crippen LogP contribution in [0.5, 0.6) is 0 Å². The Labute approximate surface area is 131 Å². The summed E-state index contributed by atoms with van der Waals surface area (Å²) in [6.45, 7) is 3.33. The normalized spacial score (nSPS) is 10.4. The highest BCUT2D eigenvalue weighted by molar-refractivity contribution is 8.01. The van der Waals surface area contributed by atoms with Crippen LogP contribution in [0.2, 0.25) is 0 Å². The molecule has 1 aromatic heterocycles. The fourth-order valence-electron chi connectivity index (χ4n) is 1.75. The molecule has 2 rings (SSSR count). The first-order valence-electron chi connectivity index (χ1n) is 6.23. The number of nitrogens with one attached hydrogen (secondary N) is 1. The molecule has 0 radical (unpaired) electrons. The van der Waals surface area contributed by atoms with Gasteiger partial charge < -0.3 is 11.1 Å². The van der Waals surface area contributed by atoms with Crippen LogP contribution in [0.4, 0.5) is 10.8 Å². The summed E-state index contributed by atoms with van der Waals surface area (Å²) in [6.07, 6.45) is 0. The standard InChI is InChI=1S/C14H15N3O2S2/c1-8-13(21-14(15)16-8)20-7-12(19)17-11-6-4-3-5-10(11)9(2)18/h3-6H,7H2,1-2H3,(H2,15,16)(H,17,19). The number of thiazole rings is 1. The van der Waals surface area contributed by atoms with Crippen LogP contribution in [0.15, 0.2) is 28.5 Å². The van der Waals surface area contributed by atoms with Gasteiger partial charge in [-0.1, -0.05) is 23.5 Å². The van der Waals surface area contributed by atoms with Crippen molar-refractivity contribution >= 4 is 45.6 Å². The van der Waals surface area contributed by atoms with Crippen LogP contribution < -0.4 is 11.1 Å². The van der Waals surface area contributed by atoms with Gasteiger partial charge in [0.15, 0.2) is 10.9 Å². The highest BCUT2D eigenvalue weighted by Gasteiger charge is 2.12. The van der Waals surface area contributed by atoms with E-state index in [1.165, 1.54) is 30.0 Å². The van der Waals surface area contributed by atoms with E-state index in [4.69, 9.17) is 5.73 Å². The predicted molar refractivity (Wildman–Crippen MR) is 87.1 cm³/mol. The van der Waals surface area contributed by atoms with E-state index in [0.717, 1.165) is 9.90 Å². The average Bonchev–Trinajstić information content (AvgIpc) is 2.75. The van der Waals surface area contributed by atoms with Crippen molar-refractivity contribution in [3.8, 4) is 0 Å². The lowest BCUT2D eigenvalue weighted by molar-refractivity contribution is -0.113. The van der Waals surface area contributed by atoms with Gasteiger partial charge in [0.25, 0.3) is 0 Å². The second-order valence-electron chi connectivity index (χ2n) is 4.36. The lowest BCUT2D eigenvalue weighted by Gasteiger charge is -2.08. The molecule has 110 valence electrons. The van der Waals surface area contributed by atoms with Crippen LogP contribution >= 0.6 is 23.1 Å². The van der Waals surface area contributed by atoms with Crippen molar-refractivity contribution in [2.75, 3.05) is 16.8 Å². The molecule has 0 aliphatic carbocycles. The van der Waals surface area contributed by atoms with Crippen LogP contribution in [-0.2, 0) is 4.79 Å². The van der Waals surface area contributed by atoms with Gasteiger partial charge in [0.2, 0.25) is 5.91 Å². The molecule has 0 saturated carbocycles. The maximum absolute atomic E-state index is 12.0. The molecule has 1 aromatic carbocycles. The van der Waals surface area contributed by atoms with Gasteiger partial charge in [-0.05, 0) is 26.0 Å². The van der Waals surface area contributed by atoms with Gasteiger partial charge in [-0.15, -0.1) is 11.8 Å². The average molecular weight is 321 g/mol.